The van der Waals surface area contributed by atoms with Gasteiger partial charge in [-0.05, 0) is 42.6 Å². The third-order valence-electron chi connectivity index (χ3n) is 3.97. The van der Waals surface area contributed by atoms with Gasteiger partial charge < -0.3 is 5.11 Å². The van der Waals surface area contributed by atoms with Crippen LogP contribution in [-0.4, -0.2) is 23.2 Å². The second-order valence-corrected chi connectivity index (χ2v) is 5.92. The Labute approximate surface area is 138 Å². The van der Waals surface area contributed by atoms with Crippen molar-refractivity contribution in [3.8, 4) is 0 Å². The van der Waals surface area contributed by atoms with Crippen molar-refractivity contribution in [2.75, 3.05) is 13.2 Å². The molecular formula is C19H24ClNO. The van der Waals surface area contributed by atoms with Crippen LogP contribution in [0.4, 0.5) is 0 Å². The first-order chi connectivity index (χ1) is 10.7. The molecule has 2 nitrogen and oxygen atoms in total. The Bertz CT molecular complexity index is 541. The van der Waals surface area contributed by atoms with Crippen LogP contribution in [-0.2, 0) is 6.54 Å². The Balaban J connectivity index is 2.19. The van der Waals surface area contributed by atoms with E-state index >= 15 is 0 Å². The van der Waals surface area contributed by atoms with Gasteiger partial charge in [0.05, 0.1) is 0 Å². The van der Waals surface area contributed by atoms with Gasteiger partial charge in [-0.1, -0.05) is 61.0 Å². The Morgan fingerprint density at radius 1 is 1.05 bits per heavy atom. The van der Waals surface area contributed by atoms with Crippen LogP contribution in [0, 0.1) is 0 Å². The van der Waals surface area contributed by atoms with Gasteiger partial charge in [0.15, 0.2) is 0 Å². The first kappa shape index (κ1) is 17.0. The zero-order valence-corrected chi connectivity index (χ0v) is 13.8. The van der Waals surface area contributed by atoms with Crippen LogP contribution in [0.25, 0.3) is 0 Å². The zero-order valence-electron chi connectivity index (χ0n) is 13.1. The summed E-state index contributed by atoms with van der Waals surface area (Å²) in [6, 6.07) is 18.9. The van der Waals surface area contributed by atoms with Crippen molar-refractivity contribution in [3.05, 3.63) is 70.7 Å². The fraction of sp³-hybridized carbons (Fsp3) is 0.368. The molecule has 0 aromatic heterocycles. The van der Waals surface area contributed by atoms with Crippen LogP contribution in [0.3, 0.4) is 0 Å². The SMILES string of the molecule is CCN(Cc1ccccc1)C(CCCO)c1ccc(Cl)cc1. The van der Waals surface area contributed by atoms with Crippen LogP contribution in [0.5, 0.6) is 0 Å². The number of hydrogen-bond donors (Lipinski definition) is 1. The highest BCUT2D eigenvalue weighted by molar-refractivity contribution is 6.30. The third-order valence-corrected chi connectivity index (χ3v) is 4.22. The summed E-state index contributed by atoms with van der Waals surface area (Å²) in [5, 5.41) is 9.97. The molecule has 0 aliphatic carbocycles. The summed E-state index contributed by atoms with van der Waals surface area (Å²) in [5.74, 6) is 0. The summed E-state index contributed by atoms with van der Waals surface area (Å²) < 4.78 is 0. The topological polar surface area (TPSA) is 23.5 Å². The van der Waals surface area contributed by atoms with E-state index in [1.54, 1.807) is 0 Å². The number of hydrogen-bond acceptors (Lipinski definition) is 2. The summed E-state index contributed by atoms with van der Waals surface area (Å²) in [4.78, 5) is 2.45. The van der Waals surface area contributed by atoms with E-state index in [9.17, 15) is 5.11 Å². The summed E-state index contributed by atoms with van der Waals surface area (Å²) >= 11 is 6.01. The molecule has 0 bridgehead atoms. The van der Waals surface area contributed by atoms with E-state index < -0.39 is 0 Å². The lowest BCUT2D eigenvalue weighted by molar-refractivity contribution is 0.173. The van der Waals surface area contributed by atoms with Gasteiger partial charge >= 0.3 is 0 Å². The summed E-state index contributed by atoms with van der Waals surface area (Å²) in [7, 11) is 0. The Morgan fingerprint density at radius 2 is 1.73 bits per heavy atom. The minimum Gasteiger partial charge on any atom is -0.396 e. The quantitative estimate of drug-likeness (QED) is 0.764. The molecule has 0 radical (unpaired) electrons. The number of benzene rings is 2. The maximum Gasteiger partial charge on any atom is 0.0431 e. The molecule has 118 valence electrons. The number of aliphatic hydroxyl groups is 1. The molecule has 1 atom stereocenters. The average Bonchev–Trinajstić information content (AvgIpc) is 2.56. The van der Waals surface area contributed by atoms with Gasteiger partial charge in [-0.3, -0.25) is 4.90 Å². The molecule has 0 heterocycles. The average molecular weight is 318 g/mol. The lowest BCUT2D eigenvalue weighted by Crippen LogP contribution is -2.28. The molecule has 0 aliphatic heterocycles. The van der Waals surface area contributed by atoms with Gasteiger partial charge in [0.1, 0.15) is 0 Å². The molecule has 0 spiro atoms. The van der Waals surface area contributed by atoms with E-state index in [0.29, 0.717) is 6.04 Å². The minimum atomic E-state index is 0.229. The monoisotopic (exact) mass is 317 g/mol. The Hall–Kier alpha value is -1.35. The molecule has 0 aliphatic rings. The number of nitrogens with zero attached hydrogens (tertiary/aromatic N) is 1. The molecule has 0 saturated carbocycles. The van der Waals surface area contributed by atoms with Crippen molar-refractivity contribution >= 4 is 11.6 Å². The van der Waals surface area contributed by atoms with Crippen LogP contribution in [0.1, 0.15) is 36.9 Å². The minimum absolute atomic E-state index is 0.229. The predicted octanol–water partition coefficient (Wildman–Crippen LogP) is 4.68. The molecule has 22 heavy (non-hydrogen) atoms. The highest BCUT2D eigenvalue weighted by Gasteiger charge is 2.19. The Kier molecular flexibility index (Phi) is 6.91. The lowest BCUT2D eigenvalue weighted by Gasteiger charge is -2.31. The highest BCUT2D eigenvalue weighted by Crippen LogP contribution is 2.28. The van der Waals surface area contributed by atoms with E-state index in [2.05, 4.69) is 48.2 Å². The normalized spacial score (nSPS) is 12.5. The fourth-order valence-electron chi connectivity index (χ4n) is 2.79. The van der Waals surface area contributed by atoms with E-state index in [0.717, 1.165) is 31.0 Å². The molecule has 1 unspecified atom stereocenters. The largest absolute Gasteiger partial charge is 0.396 e. The lowest BCUT2D eigenvalue weighted by atomic mass is 9.99. The van der Waals surface area contributed by atoms with E-state index in [4.69, 9.17) is 11.6 Å². The zero-order chi connectivity index (χ0) is 15.8. The molecule has 2 aromatic carbocycles. The standard InChI is InChI=1S/C19H24ClNO/c1-2-21(15-16-7-4-3-5-8-16)19(9-6-14-22)17-10-12-18(20)13-11-17/h3-5,7-8,10-13,19,22H,2,6,9,14-15H2,1H3. The van der Waals surface area contributed by atoms with Gasteiger partial charge in [0.2, 0.25) is 0 Å². The fourth-order valence-corrected chi connectivity index (χ4v) is 2.92. The van der Waals surface area contributed by atoms with Gasteiger partial charge in [0, 0.05) is 24.2 Å². The second-order valence-electron chi connectivity index (χ2n) is 5.48. The van der Waals surface area contributed by atoms with Crippen LogP contribution >= 0.6 is 11.6 Å². The van der Waals surface area contributed by atoms with Crippen molar-refractivity contribution in [2.45, 2.75) is 32.4 Å². The van der Waals surface area contributed by atoms with Crippen molar-refractivity contribution in [1.82, 2.24) is 4.90 Å². The molecular weight excluding hydrogens is 294 g/mol. The summed E-state index contributed by atoms with van der Waals surface area (Å²) in [6.07, 6.45) is 1.75. The van der Waals surface area contributed by atoms with Crippen LogP contribution < -0.4 is 0 Å². The van der Waals surface area contributed by atoms with E-state index in [1.807, 2.05) is 18.2 Å². The second kappa shape index (κ2) is 8.94. The first-order valence-corrected chi connectivity index (χ1v) is 8.26. The molecule has 2 rings (SSSR count). The van der Waals surface area contributed by atoms with Gasteiger partial charge in [-0.25, -0.2) is 0 Å². The molecule has 1 N–H and O–H groups in total. The van der Waals surface area contributed by atoms with Gasteiger partial charge in [-0.2, -0.15) is 0 Å². The van der Waals surface area contributed by atoms with E-state index in [-0.39, 0.29) is 6.61 Å². The van der Waals surface area contributed by atoms with Gasteiger partial charge in [0.25, 0.3) is 0 Å². The molecule has 2 aromatic rings. The van der Waals surface area contributed by atoms with Crippen LogP contribution in [0.2, 0.25) is 5.02 Å². The van der Waals surface area contributed by atoms with Gasteiger partial charge in [-0.15, -0.1) is 0 Å². The van der Waals surface area contributed by atoms with Crippen molar-refractivity contribution < 1.29 is 5.11 Å². The number of rotatable bonds is 8. The molecule has 0 amide bonds. The number of aliphatic hydroxyl groups excluding tert-OH is 1. The van der Waals surface area contributed by atoms with Crippen molar-refractivity contribution in [1.29, 1.82) is 0 Å². The van der Waals surface area contributed by atoms with Crippen LogP contribution in [0.15, 0.2) is 54.6 Å². The first-order valence-electron chi connectivity index (χ1n) is 7.89. The Morgan fingerprint density at radius 3 is 2.32 bits per heavy atom. The molecule has 3 heteroatoms. The van der Waals surface area contributed by atoms with E-state index in [1.165, 1.54) is 11.1 Å². The summed E-state index contributed by atoms with van der Waals surface area (Å²) in [5.41, 5.74) is 2.57. The molecule has 0 fully saturated rings. The number of halogens is 1. The smallest absolute Gasteiger partial charge is 0.0431 e. The molecule has 0 saturated heterocycles. The summed E-state index contributed by atoms with van der Waals surface area (Å²) in [6.45, 7) is 4.29. The van der Waals surface area contributed by atoms with Crippen molar-refractivity contribution in [2.24, 2.45) is 0 Å². The van der Waals surface area contributed by atoms with Crippen molar-refractivity contribution in [3.63, 3.8) is 0 Å². The third kappa shape index (κ3) is 4.84. The predicted molar refractivity (Wildman–Crippen MR) is 93.0 cm³/mol. The maximum absolute atomic E-state index is 9.21. The highest BCUT2D eigenvalue weighted by atomic mass is 35.5. The maximum atomic E-state index is 9.21.